The molecule has 0 aliphatic carbocycles. The fourth-order valence-electron chi connectivity index (χ4n) is 2.35. The van der Waals surface area contributed by atoms with Crippen LogP contribution in [-0.4, -0.2) is 5.78 Å². The van der Waals surface area contributed by atoms with Crippen molar-refractivity contribution in [2.45, 2.75) is 13.3 Å². The molecule has 2 nitrogen and oxygen atoms in total. The average molecular weight is 268 g/mol. The van der Waals surface area contributed by atoms with Gasteiger partial charge < -0.3 is 4.42 Å². The van der Waals surface area contributed by atoms with E-state index < -0.39 is 0 Å². The third-order valence-electron chi connectivity index (χ3n) is 3.31. The molecule has 3 heteroatoms. The molecule has 0 saturated heterocycles. The van der Waals surface area contributed by atoms with Crippen molar-refractivity contribution in [1.82, 2.24) is 0 Å². The van der Waals surface area contributed by atoms with E-state index >= 15 is 0 Å². The SMILES string of the molecule is CCc1oc2ccc(F)cc2c1C(=O)c1ccccc1. The first kappa shape index (κ1) is 12.6. The zero-order valence-electron chi connectivity index (χ0n) is 11.0. The predicted octanol–water partition coefficient (Wildman–Crippen LogP) is 4.37. The first-order chi connectivity index (χ1) is 9.70. The second-order valence-electron chi connectivity index (χ2n) is 4.59. The van der Waals surface area contributed by atoms with E-state index in [1.165, 1.54) is 12.1 Å². The van der Waals surface area contributed by atoms with Crippen LogP contribution in [0.4, 0.5) is 4.39 Å². The van der Waals surface area contributed by atoms with Crippen LogP contribution < -0.4 is 0 Å². The highest BCUT2D eigenvalue weighted by atomic mass is 19.1. The third kappa shape index (κ3) is 2.01. The van der Waals surface area contributed by atoms with E-state index in [0.717, 1.165) is 0 Å². The number of hydrogen-bond donors (Lipinski definition) is 0. The lowest BCUT2D eigenvalue weighted by atomic mass is 9.99. The Bertz CT molecular complexity index is 772. The highest BCUT2D eigenvalue weighted by Gasteiger charge is 2.21. The summed E-state index contributed by atoms with van der Waals surface area (Å²) in [6, 6.07) is 13.2. The lowest BCUT2D eigenvalue weighted by Gasteiger charge is -2.01. The monoisotopic (exact) mass is 268 g/mol. The van der Waals surface area contributed by atoms with Crippen molar-refractivity contribution in [1.29, 1.82) is 0 Å². The molecule has 100 valence electrons. The van der Waals surface area contributed by atoms with Crippen LogP contribution in [0.15, 0.2) is 52.9 Å². The van der Waals surface area contributed by atoms with Crippen molar-refractivity contribution in [3.8, 4) is 0 Å². The summed E-state index contributed by atoms with van der Waals surface area (Å²) >= 11 is 0. The summed E-state index contributed by atoms with van der Waals surface area (Å²) in [5.41, 5.74) is 1.59. The maximum atomic E-state index is 13.4. The van der Waals surface area contributed by atoms with Crippen LogP contribution in [0.25, 0.3) is 11.0 Å². The molecule has 20 heavy (non-hydrogen) atoms. The molecular weight excluding hydrogens is 255 g/mol. The Labute approximate surface area is 115 Å². The molecule has 0 radical (unpaired) electrons. The van der Waals surface area contributed by atoms with Crippen LogP contribution in [0.3, 0.4) is 0 Å². The number of benzene rings is 2. The molecule has 1 heterocycles. The van der Waals surface area contributed by atoms with Gasteiger partial charge in [0.25, 0.3) is 0 Å². The van der Waals surface area contributed by atoms with Crippen molar-refractivity contribution in [2.75, 3.05) is 0 Å². The van der Waals surface area contributed by atoms with Crippen molar-refractivity contribution in [3.05, 3.63) is 71.2 Å². The Balaban J connectivity index is 2.24. The molecule has 1 aromatic heterocycles. The summed E-state index contributed by atoms with van der Waals surface area (Å²) in [6.45, 7) is 1.91. The summed E-state index contributed by atoms with van der Waals surface area (Å²) in [5.74, 6) is 0.0920. The van der Waals surface area contributed by atoms with Crippen molar-refractivity contribution >= 4 is 16.8 Å². The maximum Gasteiger partial charge on any atom is 0.197 e. The number of carbonyl (C=O) groups is 1. The zero-order chi connectivity index (χ0) is 14.1. The van der Waals surface area contributed by atoms with E-state index in [2.05, 4.69) is 0 Å². The third-order valence-corrected chi connectivity index (χ3v) is 3.31. The number of rotatable bonds is 3. The van der Waals surface area contributed by atoms with Crippen LogP contribution >= 0.6 is 0 Å². The Morgan fingerprint density at radius 2 is 1.90 bits per heavy atom. The number of ketones is 1. The number of fused-ring (bicyclic) bond motifs is 1. The number of aryl methyl sites for hydroxylation is 1. The van der Waals surface area contributed by atoms with E-state index in [-0.39, 0.29) is 11.6 Å². The summed E-state index contributed by atoms with van der Waals surface area (Å²) in [6.07, 6.45) is 0.588. The first-order valence-corrected chi connectivity index (χ1v) is 6.51. The second kappa shape index (κ2) is 4.93. The number of halogens is 1. The summed E-state index contributed by atoms with van der Waals surface area (Å²) in [5, 5.41) is 0.538. The molecule has 0 bridgehead atoms. The lowest BCUT2D eigenvalue weighted by Crippen LogP contribution is -2.03. The molecule has 0 N–H and O–H groups in total. The summed E-state index contributed by atoms with van der Waals surface area (Å²) in [4.78, 5) is 12.6. The van der Waals surface area contributed by atoms with Crippen LogP contribution in [0.2, 0.25) is 0 Å². The largest absolute Gasteiger partial charge is 0.460 e. The zero-order valence-corrected chi connectivity index (χ0v) is 11.0. The quantitative estimate of drug-likeness (QED) is 0.660. The van der Waals surface area contributed by atoms with E-state index in [4.69, 9.17) is 4.42 Å². The fraction of sp³-hybridized carbons (Fsp3) is 0.118. The van der Waals surface area contributed by atoms with Gasteiger partial charge in [-0.15, -0.1) is 0 Å². The fourth-order valence-corrected chi connectivity index (χ4v) is 2.35. The topological polar surface area (TPSA) is 30.2 Å². The van der Waals surface area contributed by atoms with Crippen molar-refractivity contribution in [3.63, 3.8) is 0 Å². The first-order valence-electron chi connectivity index (χ1n) is 6.51. The van der Waals surface area contributed by atoms with Crippen LogP contribution in [-0.2, 0) is 6.42 Å². The smallest absolute Gasteiger partial charge is 0.197 e. The van der Waals surface area contributed by atoms with Gasteiger partial charge >= 0.3 is 0 Å². The van der Waals surface area contributed by atoms with E-state index in [9.17, 15) is 9.18 Å². The molecular formula is C17H13FO2. The molecule has 0 atom stereocenters. The van der Waals surface area contributed by atoms with Gasteiger partial charge in [-0.05, 0) is 18.2 Å². The number of furan rings is 1. The predicted molar refractivity (Wildman–Crippen MR) is 75.4 cm³/mol. The van der Waals surface area contributed by atoms with Crippen molar-refractivity contribution in [2.24, 2.45) is 0 Å². The number of carbonyl (C=O) groups excluding carboxylic acids is 1. The molecule has 3 rings (SSSR count). The van der Waals surface area contributed by atoms with Crippen LogP contribution in [0.5, 0.6) is 0 Å². The molecule has 3 aromatic rings. The van der Waals surface area contributed by atoms with Gasteiger partial charge in [-0.3, -0.25) is 4.79 Å². The van der Waals surface area contributed by atoms with Crippen molar-refractivity contribution < 1.29 is 13.6 Å². The van der Waals surface area contributed by atoms with Gasteiger partial charge in [0.15, 0.2) is 5.78 Å². The van der Waals surface area contributed by atoms with Gasteiger partial charge in [-0.1, -0.05) is 37.3 Å². The highest BCUT2D eigenvalue weighted by Crippen LogP contribution is 2.29. The Morgan fingerprint density at radius 1 is 1.15 bits per heavy atom. The Kier molecular flexibility index (Phi) is 3.11. The van der Waals surface area contributed by atoms with Gasteiger partial charge in [0.2, 0.25) is 0 Å². The van der Waals surface area contributed by atoms with E-state index in [0.29, 0.717) is 34.3 Å². The molecule has 0 amide bonds. The van der Waals surface area contributed by atoms with Gasteiger partial charge in [0.1, 0.15) is 17.2 Å². The lowest BCUT2D eigenvalue weighted by molar-refractivity contribution is 0.103. The maximum absolute atomic E-state index is 13.4. The normalized spacial score (nSPS) is 10.9. The van der Waals surface area contributed by atoms with Gasteiger partial charge in [-0.2, -0.15) is 0 Å². The standard InChI is InChI=1S/C17H13FO2/c1-2-14-16(17(19)11-6-4-3-5-7-11)13-10-12(18)8-9-15(13)20-14/h3-10H,2H2,1H3. The van der Waals surface area contributed by atoms with Gasteiger partial charge in [0, 0.05) is 17.4 Å². The molecule has 0 aliphatic heterocycles. The Hall–Kier alpha value is -2.42. The molecule has 0 saturated carbocycles. The number of hydrogen-bond acceptors (Lipinski definition) is 2. The molecule has 0 fully saturated rings. The van der Waals surface area contributed by atoms with E-state index in [1.807, 2.05) is 25.1 Å². The molecule has 2 aromatic carbocycles. The Morgan fingerprint density at radius 3 is 2.60 bits per heavy atom. The average Bonchev–Trinajstić information content (AvgIpc) is 2.85. The minimum absolute atomic E-state index is 0.133. The second-order valence-corrected chi connectivity index (χ2v) is 4.59. The molecule has 0 spiro atoms. The van der Waals surface area contributed by atoms with Crippen LogP contribution in [0, 0.1) is 5.82 Å². The summed E-state index contributed by atoms with van der Waals surface area (Å²) < 4.78 is 19.1. The minimum Gasteiger partial charge on any atom is -0.460 e. The van der Waals surface area contributed by atoms with Gasteiger partial charge in [-0.25, -0.2) is 4.39 Å². The van der Waals surface area contributed by atoms with Gasteiger partial charge in [0.05, 0.1) is 5.56 Å². The molecule has 0 unspecified atom stereocenters. The van der Waals surface area contributed by atoms with Crippen LogP contribution in [0.1, 0.15) is 28.6 Å². The van der Waals surface area contributed by atoms with E-state index in [1.54, 1.807) is 18.2 Å². The summed E-state index contributed by atoms with van der Waals surface area (Å²) in [7, 11) is 0. The molecule has 0 aliphatic rings. The minimum atomic E-state index is -0.372. The highest BCUT2D eigenvalue weighted by molar-refractivity contribution is 6.16.